The number of likely N-dealkylation sites (N-methyl/N-ethyl adjacent to an activating group) is 1. The number of rotatable bonds is 10. The second-order valence-corrected chi connectivity index (χ2v) is 7.60. The number of carbonyl (C=O) groups excluding carboxylic acids is 1. The number of piperazine rings is 1. The lowest BCUT2D eigenvalue weighted by Gasteiger charge is -2.36. The van der Waals surface area contributed by atoms with Gasteiger partial charge in [-0.15, -0.1) is 0 Å². The summed E-state index contributed by atoms with van der Waals surface area (Å²) < 4.78 is 16.7. The maximum Gasteiger partial charge on any atom is 0.259 e. The van der Waals surface area contributed by atoms with E-state index in [4.69, 9.17) is 14.2 Å². The number of hydrogen-bond donors (Lipinski definition) is 0. The predicted molar refractivity (Wildman–Crippen MR) is 120 cm³/mol. The third-order valence-electron chi connectivity index (χ3n) is 5.10. The minimum Gasteiger partial charge on any atom is -0.490 e. The molecule has 0 unspecified atom stereocenters. The van der Waals surface area contributed by atoms with Crippen LogP contribution in [0.1, 0.15) is 10.4 Å². The minimum absolute atomic E-state index is 0.0596. The molecule has 0 N–H and O–H groups in total. The lowest BCUT2D eigenvalue weighted by atomic mass is 10.2. The van der Waals surface area contributed by atoms with Gasteiger partial charge in [-0.25, -0.2) is 4.98 Å². The van der Waals surface area contributed by atoms with E-state index in [1.807, 2.05) is 37.2 Å². The second kappa shape index (κ2) is 11.5. The van der Waals surface area contributed by atoms with Gasteiger partial charge in [-0.2, -0.15) is 0 Å². The zero-order chi connectivity index (χ0) is 22.1. The molecule has 3 rings (SSSR count). The third-order valence-corrected chi connectivity index (χ3v) is 5.10. The number of carbonyl (C=O) groups is 1. The van der Waals surface area contributed by atoms with Crippen molar-refractivity contribution in [2.45, 2.75) is 0 Å². The molecule has 8 heteroatoms. The number of anilines is 1. The summed E-state index contributed by atoms with van der Waals surface area (Å²) in [6.45, 7) is 5.01. The maximum atomic E-state index is 13.1. The van der Waals surface area contributed by atoms with Gasteiger partial charge in [-0.3, -0.25) is 4.79 Å². The van der Waals surface area contributed by atoms with Gasteiger partial charge >= 0.3 is 0 Å². The molecule has 1 aromatic heterocycles. The van der Waals surface area contributed by atoms with Crippen LogP contribution in [0.5, 0.6) is 11.6 Å². The average molecular weight is 429 g/mol. The molecule has 1 saturated heterocycles. The molecule has 0 bridgehead atoms. The predicted octanol–water partition coefficient (Wildman–Crippen LogP) is 2.01. The number of ether oxygens (including phenoxy) is 3. The normalized spacial score (nSPS) is 14.1. The van der Waals surface area contributed by atoms with E-state index in [-0.39, 0.29) is 5.91 Å². The van der Waals surface area contributed by atoms with Crippen LogP contribution in [0.25, 0.3) is 0 Å². The molecule has 0 spiro atoms. The molecule has 0 radical (unpaired) electrons. The van der Waals surface area contributed by atoms with Crippen LogP contribution in [0.3, 0.4) is 0 Å². The molecule has 0 atom stereocenters. The van der Waals surface area contributed by atoms with Gasteiger partial charge in [0.25, 0.3) is 5.91 Å². The topological polar surface area (TPSA) is 67.4 Å². The van der Waals surface area contributed by atoms with Gasteiger partial charge in [0.1, 0.15) is 24.5 Å². The van der Waals surface area contributed by atoms with Gasteiger partial charge in [0.2, 0.25) is 5.88 Å². The van der Waals surface area contributed by atoms with Crippen molar-refractivity contribution in [3.63, 3.8) is 0 Å². The van der Waals surface area contributed by atoms with Crippen LogP contribution in [-0.4, -0.2) is 94.4 Å². The number of pyridine rings is 1. The van der Waals surface area contributed by atoms with Crippen molar-refractivity contribution in [1.82, 2.24) is 14.8 Å². The van der Waals surface area contributed by atoms with Gasteiger partial charge in [-0.05, 0) is 38.4 Å². The summed E-state index contributed by atoms with van der Waals surface area (Å²) in [6, 6.07) is 11.6. The number of hydrogen-bond acceptors (Lipinski definition) is 7. The number of nitrogens with zero attached hydrogens (tertiary/aromatic N) is 4. The fraction of sp³-hybridized carbons (Fsp3) is 0.478. The highest BCUT2D eigenvalue weighted by Gasteiger charge is 2.26. The number of benzene rings is 1. The van der Waals surface area contributed by atoms with Crippen LogP contribution in [0.15, 0.2) is 42.6 Å². The molecule has 2 heterocycles. The Hall–Kier alpha value is -2.84. The SMILES string of the molecule is COCCOc1ncccc1C(=O)N1CCN(c2ccccc2OCCN(C)C)CC1. The summed E-state index contributed by atoms with van der Waals surface area (Å²) >= 11 is 0. The van der Waals surface area contributed by atoms with Crippen LogP contribution in [0.2, 0.25) is 0 Å². The quantitative estimate of drug-likeness (QED) is 0.536. The van der Waals surface area contributed by atoms with Crippen molar-refractivity contribution < 1.29 is 19.0 Å². The van der Waals surface area contributed by atoms with Gasteiger partial charge < -0.3 is 28.9 Å². The van der Waals surface area contributed by atoms with E-state index in [1.54, 1.807) is 25.4 Å². The van der Waals surface area contributed by atoms with Crippen molar-refractivity contribution in [2.75, 3.05) is 78.6 Å². The molecule has 1 aromatic carbocycles. The van der Waals surface area contributed by atoms with Crippen molar-refractivity contribution in [3.05, 3.63) is 48.2 Å². The summed E-state index contributed by atoms with van der Waals surface area (Å²) in [4.78, 5) is 23.5. The summed E-state index contributed by atoms with van der Waals surface area (Å²) in [7, 11) is 5.67. The van der Waals surface area contributed by atoms with Gasteiger partial charge in [0, 0.05) is 46.0 Å². The van der Waals surface area contributed by atoms with Gasteiger partial charge in [0.15, 0.2) is 0 Å². The molecule has 0 aliphatic carbocycles. The Bertz CT molecular complexity index is 838. The van der Waals surface area contributed by atoms with E-state index in [9.17, 15) is 4.79 Å². The second-order valence-electron chi connectivity index (χ2n) is 7.60. The van der Waals surface area contributed by atoms with Crippen molar-refractivity contribution in [1.29, 1.82) is 0 Å². The van der Waals surface area contributed by atoms with E-state index in [0.29, 0.717) is 44.4 Å². The highest BCUT2D eigenvalue weighted by atomic mass is 16.5. The van der Waals surface area contributed by atoms with E-state index >= 15 is 0 Å². The number of methoxy groups -OCH3 is 1. The Labute approximate surface area is 184 Å². The number of amides is 1. The fourth-order valence-electron chi connectivity index (χ4n) is 3.39. The molecule has 31 heavy (non-hydrogen) atoms. The average Bonchev–Trinajstić information content (AvgIpc) is 2.79. The largest absolute Gasteiger partial charge is 0.490 e. The zero-order valence-corrected chi connectivity index (χ0v) is 18.6. The summed E-state index contributed by atoms with van der Waals surface area (Å²) in [5.41, 5.74) is 1.55. The van der Waals surface area contributed by atoms with Crippen LogP contribution >= 0.6 is 0 Å². The van der Waals surface area contributed by atoms with E-state index in [0.717, 1.165) is 31.1 Å². The third kappa shape index (κ3) is 6.32. The van der Waals surface area contributed by atoms with Crippen molar-refractivity contribution >= 4 is 11.6 Å². The molecular weight excluding hydrogens is 396 g/mol. The van der Waals surface area contributed by atoms with E-state index in [1.165, 1.54) is 0 Å². The molecule has 8 nitrogen and oxygen atoms in total. The molecule has 1 aliphatic rings. The van der Waals surface area contributed by atoms with Crippen LogP contribution in [0.4, 0.5) is 5.69 Å². The number of aromatic nitrogens is 1. The smallest absolute Gasteiger partial charge is 0.259 e. The summed E-state index contributed by atoms with van der Waals surface area (Å²) in [6.07, 6.45) is 1.63. The Morgan fingerprint density at radius 3 is 2.52 bits per heavy atom. The van der Waals surface area contributed by atoms with Crippen molar-refractivity contribution in [3.8, 4) is 11.6 Å². The van der Waals surface area contributed by atoms with Gasteiger partial charge in [-0.1, -0.05) is 12.1 Å². The maximum absolute atomic E-state index is 13.1. The van der Waals surface area contributed by atoms with E-state index < -0.39 is 0 Å². The first-order valence-electron chi connectivity index (χ1n) is 10.6. The number of para-hydroxylation sites is 2. The molecule has 168 valence electrons. The van der Waals surface area contributed by atoms with Gasteiger partial charge in [0.05, 0.1) is 12.3 Å². The first kappa shape index (κ1) is 22.8. The molecule has 0 saturated carbocycles. The Morgan fingerprint density at radius 2 is 1.77 bits per heavy atom. The first-order chi connectivity index (χ1) is 15.1. The monoisotopic (exact) mass is 428 g/mol. The highest BCUT2D eigenvalue weighted by molar-refractivity contribution is 5.96. The highest BCUT2D eigenvalue weighted by Crippen LogP contribution is 2.29. The lowest BCUT2D eigenvalue weighted by molar-refractivity contribution is 0.0738. The molecule has 1 fully saturated rings. The lowest BCUT2D eigenvalue weighted by Crippen LogP contribution is -2.49. The van der Waals surface area contributed by atoms with E-state index in [2.05, 4.69) is 20.9 Å². The van der Waals surface area contributed by atoms with Crippen LogP contribution in [0, 0.1) is 0 Å². The molecule has 1 amide bonds. The van der Waals surface area contributed by atoms with Crippen molar-refractivity contribution in [2.24, 2.45) is 0 Å². The zero-order valence-electron chi connectivity index (χ0n) is 18.6. The summed E-state index contributed by atoms with van der Waals surface area (Å²) in [5, 5.41) is 0. The Morgan fingerprint density at radius 1 is 1.00 bits per heavy atom. The Kier molecular flexibility index (Phi) is 8.49. The van der Waals surface area contributed by atoms with Crippen LogP contribution < -0.4 is 14.4 Å². The summed E-state index contributed by atoms with van der Waals surface area (Å²) in [5.74, 6) is 1.17. The Balaban J connectivity index is 1.61. The fourth-order valence-corrected chi connectivity index (χ4v) is 3.39. The minimum atomic E-state index is -0.0596. The molecule has 1 aliphatic heterocycles. The molecular formula is C23H32N4O4. The van der Waals surface area contributed by atoms with Crippen LogP contribution in [-0.2, 0) is 4.74 Å². The standard InChI is InChI=1S/C23H32N4O4/c1-25(2)15-16-30-21-9-5-4-8-20(21)26-11-13-27(14-12-26)23(28)19-7-6-10-24-22(19)31-18-17-29-3/h4-10H,11-18H2,1-3H3. The first-order valence-corrected chi connectivity index (χ1v) is 10.6. The molecule has 2 aromatic rings.